The van der Waals surface area contributed by atoms with Crippen LogP contribution in [-0.2, 0) is 22.5 Å². The highest BCUT2D eigenvalue weighted by atomic mass is 19.1. The van der Waals surface area contributed by atoms with Gasteiger partial charge in [-0.2, -0.15) is 0 Å². The summed E-state index contributed by atoms with van der Waals surface area (Å²) >= 11 is 0. The Morgan fingerprint density at radius 1 is 1.38 bits per heavy atom. The zero-order valence-electron chi connectivity index (χ0n) is 13.7. The first kappa shape index (κ1) is 16.6. The van der Waals surface area contributed by atoms with E-state index in [2.05, 4.69) is 10.2 Å². The quantitative estimate of drug-likeness (QED) is 0.840. The number of carbonyl (C=O) groups excluding carboxylic acids is 1. The minimum atomic E-state index is -0.263. The molecule has 2 aromatic rings. The van der Waals surface area contributed by atoms with E-state index < -0.39 is 0 Å². The van der Waals surface area contributed by atoms with E-state index in [4.69, 9.17) is 4.74 Å². The fraction of sp³-hybridized carbons (Fsp3) is 0.471. The molecule has 7 heteroatoms. The molecule has 0 bridgehead atoms. The van der Waals surface area contributed by atoms with Gasteiger partial charge in [0.15, 0.2) is 5.82 Å². The van der Waals surface area contributed by atoms with Crippen molar-refractivity contribution in [3.8, 4) is 0 Å². The van der Waals surface area contributed by atoms with Crippen LogP contribution in [0.4, 0.5) is 4.39 Å². The molecule has 0 saturated carbocycles. The minimum absolute atomic E-state index is 0.0789. The van der Waals surface area contributed by atoms with Crippen molar-refractivity contribution in [2.45, 2.75) is 32.4 Å². The van der Waals surface area contributed by atoms with Gasteiger partial charge >= 0.3 is 0 Å². The predicted octanol–water partition coefficient (Wildman–Crippen LogP) is 1.97. The summed E-state index contributed by atoms with van der Waals surface area (Å²) in [5.74, 6) is 0.574. The number of hydrogen-bond acceptors (Lipinski definition) is 4. The normalized spacial score (nSPS) is 17.9. The van der Waals surface area contributed by atoms with E-state index in [9.17, 15) is 9.18 Å². The van der Waals surface area contributed by atoms with Crippen LogP contribution < -0.4 is 0 Å². The summed E-state index contributed by atoms with van der Waals surface area (Å²) in [6.45, 7) is 4.34. The van der Waals surface area contributed by atoms with Crippen LogP contribution in [0.15, 0.2) is 30.6 Å². The van der Waals surface area contributed by atoms with Gasteiger partial charge < -0.3 is 14.2 Å². The number of carbonyl (C=O) groups is 1. The van der Waals surface area contributed by atoms with E-state index in [0.29, 0.717) is 32.5 Å². The van der Waals surface area contributed by atoms with Crippen molar-refractivity contribution in [3.05, 3.63) is 47.8 Å². The molecule has 1 unspecified atom stereocenters. The van der Waals surface area contributed by atoms with Gasteiger partial charge in [0.05, 0.1) is 13.2 Å². The van der Waals surface area contributed by atoms with Gasteiger partial charge in [-0.15, -0.1) is 10.2 Å². The Bertz CT molecular complexity index is 686. The van der Waals surface area contributed by atoms with Gasteiger partial charge in [-0.05, 0) is 31.0 Å². The molecule has 1 aromatic carbocycles. The highest BCUT2D eigenvalue weighted by molar-refractivity contribution is 5.76. The van der Waals surface area contributed by atoms with E-state index in [-0.39, 0.29) is 17.8 Å². The van der Waals surface area contributed by atoms with E-state index in [1.165, 1.54) is 12.1 Å². The molecule has 1 aliphatic rings. The summed E-state index contributed by atoms with van der Waals surface area (Å²) in [7, 11) is 0. The molecule has 6 nitrogen and oxygen atoms in total. The van der Waals surface area contributed by atoms with Gasteiger partial charge in [0, 0.05) is 19.5 Å². The lowest BCUT2D eigenvalue weighted by Crippen LogP contribution is -2.43. The average Bonchev–Trinajstić information content (AvgIpc) is 3.10. The lowest BCUT2D eigenvalue weighted by Gasteiger charge is -2.32. The van der Waals surface area contributed by atoms with Crippen molar-refractivity contribution >= 4 is 5.91 Å². The number of aromatic nitrogens is 3. The molecule has 24 heavy (non-hydrogen) atoms. The highest BCUT2D eigenvalue weighted by Gasteiger charge is 2.28. The van der Waals surface area contributed by atoms with Crippen molar-refractivity contribution in [2.24, 2.45) is 0 Å². The number of morpholine rings is 1. The number of rotatable bonds is 5. The van der Waals surface area contributed by atoms with E-state index in [1.54, 1.807) is 18.5 Å². The van der Waals surface area contributed by atoms with Crippen LogP contribution in [0.2, 0.25) is 0 Å². The summed E-state index contributed by atoms with van der Waals surface area (Å²) < 4.78 is 20.6. The van der Waals surface area contributed by atoms with Crippen LogP contribution in [0.1, 0.15) is 30.8 Å². The average molecular weight is 332 g/mol. The summed E-state index contributed by atoms with van der Waals surface area (Å²) in [5.41, 5.74) is 0.959. The van der Waals surface area contributed by atoms with Gasteiger partial charge in [-0.3, -0.25) is 4.79 Å². The predicted molar refractivity (Wildman–Crippen MR) is 85.7 cm³/mol. The number of aryl methyl sites for hydroxylation is 2. The fourth-order valence-electron chi connectivity index (χ4n) is 2.85. The number of benzene rings is 1. The Morgan fingerprint density at radius 3 is 2.92 bits per heavy atom. The van der Waals surface area contributed by atoms with E-state index >= 15 is 0 Å². The number of ether oxygens (including phenoxy) is 1. The van der Waals surface area contributed by atoms with Crippen molar-refractivity contribution in [1.29, 1.82) is 0 Å². The lowest BCUT2D eigenvalue weighted by molar-refractivity contribution is -0.139. The molecular weight excluding hydrogens is 311 g/mol. The molecule has 0 N–H and O–H groups in total. The third-order valence-corrected chi connectivity index (χ3v) is 4.23. The molecule has 1 fully saturated rings. The third kappa shape index (κ3) is 3.79. The van der Waals surface area contributed by atoms with Gasteiger partial charge in [-0.1, -0.05) is 12.1 Å². The van der Waals surface area contributed by atoms with Crippen LogP contribution in [0.25, 0.3) is 0 Å². The van der Waals surface area contributed by atoms with Crippen LogP contribution in [0.3, 0.4) is 0 Å². The zero-order chi connectivity index (χ0) is 16.9. The number of halogens is 1. The van der Waals surface area contributed by atoms with Crippen molar-refractivity contribution in [1.82, 2.24) is 19.7 Å². The Balaban J connectivity index is 1.58. The molecule has 3 rings (SSSR count). The second-order valence-electron chi connectivity index (χ2n) is 5.80. The molecule has 0 aliphatic carbocycles. The van der Waals surface area contributed by atoms with E-state index in [1.807, 2.05) is 16.4 Å². The summed E-state index contributed by atoms with van der Waals surface area (Å²) in [6, 6.07) is 6.27. The number of amides is 1. The summed E-state index contributed by atoms with van der Waals surface area (Å²) in [6.07, 6.45) is 2.44. The van der Waals surface area contributed by atoms with E-state index in [0.717, 1.165) is 17.9 Å². The molecule has 2 heterocycles. The molecule has 1 atom stereocenters. The molecule has 128 valence electrons. The molecule has 1 aliphatic heterocycles. The SMILES string of the molecule is CCn1cnnc1C1CN(C(=O)CCc2ccc(F)cc2)CCO1. The standard InChI is InChI=1S/C17H21FN4O2/c1-2-21-12-19-20-17(21)15-11-22(9-10-24-15)16(23)8-5-13-3-6-14(18)7-4-13/h3-4,6-7,12,15H,2,5,8-11H2,1H3. The van der Waals surface area contributed by atoms with Crippen LogP contribution in [0.5, 0.6) is 0 Å². The molecule has 1 aromatic heterocycles. The lowest BCUT2D eigenvalue weighted by atomic mass is 10.1. The topological polar surface area (TPSA) is 60.2 Å². The van der Waals surface area contributed by atoms with Crippen molar-refractivity contribution in [2.75, 3.05) is 19.7 Å². The summed E-state index contributed by atoms with van der Waals surface area (Å²) in [5, 5.41) is 8.04. The molecular formula is C17H21FN4O2. The highest BCUT2D eigenvalue weighted by Crippen LogP contribution is 2.21. The van der Waals surface area contributed by atoms with Crippen LogP contribution >= 0.6 is 0 Å². The first-order valence-electron chi connectivity index (χ1n) is 8.19. The van der Waals surface area contributed by atoms with Gasteiger partial charge in [0.25, 0.3) is 0 Å². The maximum Gasteiger partial charge on any atom is 0.223 e. The van der Waals surface area contributed by atoms with Gasteiger partial charge in [-0.25, -0.2) is 4.39 Å². The first-order chi connectivity index (χ1) is 11.7. The summed E-state index contributed by atoms with van der Waals surface area (Å²) in [4.78, 5) is 14.3. The smallest absolute Gasteiger partial charge is 0.223 e. The van der Waals surface area contributed by atoms with Crippen molar-refractivity contribution < 1.29 is 13.9 Å². The maximum absolute atomic E-state index is 12.9. The molecule has 0 radical (unpaired) electrons. The maximum atomic E-state index is 12.9. The molecule has 1 saturated heterocycles. The first-order valence-corrected chi connectivity index (χ1v) is 8.19. The Hall–Kier alpha value is -2.28. The molecule has 1 amide bonds. The minimum Gasteiger partial charge on any atom is -0.366 e. The Morgan fingerprint density at radius 2 is 2.17 bits per heavy atom. The monoisotopic (exact) mass is 332 g/mol. The third-order valence-electron chi connectivity index (χ3n) is 4.23. The second-order valence-corrected chi connectivity index (χ2v) is 5.80. The van der Waals surface area contributed by atoms with Crippen LogP contribution in [-0.4, -0.2) is 45.3 Å². The van der Waals surface area contributed by atoms with Crippen LogP contribution in [0, 0.1) is 5.82 Å². The second kappa shape index (κ2) is 7.53. The number of hydrogen-bond donors (Lipinski definition) is 0. The zero-order valence-corrected chi connectivity index (χ0v) is 13.7. The number of nitrogens with zero attached hydrogens (tertiary/aromatic N) is 4. The van der Waals surface area contributed by atoms with Crippen molar-refractivity contribution in [3.63, 3.8) is 0 Å². The Kier molecular flexibility index (Phi) is 5.20. The largest absolute Gasteiger partial charge is 0.366 e. The molecule has 0 spiro atoms. The van der Waals surface area contributed by atoms with Gasteiger partial charge in [0.1, 0.15) is 18.2 Å². The Labute approximate surface area is 140 Å². The van der Waals surface area contributed by atoms with Gasteiger partial charge in [0.2, 0.25) is 5.91 Å². The fourth-order valence-corrected chi connectivity index (χ4v) is 2.85.